The zero-order chi connectivity index (χ0) is 20.7. The first kappa shape index (κ1) is 19.3. The van der Waals surface area contributed by atoms with Crippen molar-refractivity contribution in [1.82, 2.24) is 19.7 Å². The number of piperidine rings is 1. The van der Waals surface area contributed by atoms with E-state index < -0.39 is 0 Å². The van der Waals surface area contributed by atoms with Crippen molar-refractivity contribution in [2.75, 3.05) is 13.1 Å². The van der Waals surface area contributed by atoms with Gasteiger partial charge in [0.2, 0.25) is 0 Å². The third kappa shape index (κ3) is 3.50. The van der Waals surface area contributed by atoms with Gasteiger partial charge in [0.15, 0.2) is 0 Å². The topological polar surface area (TPSA) is 51.0 Å². The van der Waals surface area contributed by atoms with Crippen LogP contribution in [0.5, 0.6) is 0 Å². The zero-order valence-electron chi connectivity index (χ0n) is 16.6. The molecule has 0 spiro atoms. The molecule has 152 valence electrons. The molecule has 0 saturated carbocycles. The van der Waals surface area contributed by atoms with E-state index in [1.165, 1.54) is 9.71 Å². The molecule has 2 aromatic carbocycles. The molecule has 0 radical (unpaired) electrons. The highest BCUT2D eigenvalue weighted by molar-refractivity contribution is 7.18. The summed E-state index contributed by atoms with van der Waals surface area (Å²) < 4.78 is 3.02. The van der Waals surface area contributed by atoms with Crippen LogP contribution >= 0.6 is 22.9 Å². The minimum atomic E-state index is 0.0514. The summed E-state index contributed by atoms with van der Waals surface area (Å²) >= 11 is 7.76. The number of aromatic nitrogens is 3. The summed E-state index contributed by atoms with van der Waals surface area (Å²) in [5.74, 6) is 0.472. The maximum Gasteiger partial charge on any atom is 0.257 e. The molecule has 5 rings (SSSR count). The van der Waals surface area contributed by atoms with E-state index in [0.717, 1.165) is 42.8 Å². The molecule has 1 saturated heterocycles. The lowest BCUT2D eigenvalue weighted by molar-refractivity contribution is 0.0712. The maximum atomic E-state index is 13.1. The van der Waals surface area contributed by atoms with Gasteiger partial charge >= 0.3 is 0 Å². The Labute approximate surface area is 183 Å². The fraction of sp³-hybridized carbons (Fsp3) is 0.261. The van der Waals surface area contributed by atoms with Crippen molar-refractivity contribution in [2.45, 2.75) is 25.7 Å². The van der Waals surface area contributed by atoms with Crippen molar-refractivity contribution in [2.24, 2.45) is 0 Å². The molecule has 7 heteroatoms. The number of para-hydroxylation sites is 1. The van der Waals surface area contributed by atoms with Gasteiger partial charge in [-0.15, -0.1) is 11.3 Å². The van der Waals surface area contributed by atoms with E-state index in [0.29, 0.717) is 16.5 Å². The maximum absolute atomic E-state index is 13.1. The Morgan fingerprint density at radius 1 is 1.10 bits per heavy atom. The molecular formula is C23H21ClN4OS. The molecule has 4 aromatic rings. The van der Waals surface area contributed by atoms with Crippen molar-refractivity contribution < 1.29 is 4.79 Å². The van der Waals surface area contributed by atoms with Crippen molar-refractivity contribution in [3.63, 3.8) is 0 Å². The number of halogens is 1. The Morgan fingerprint density at radius 3 is 2.57 bits per heavy atom. The van der Waals surface area contributed by atoms with E-state index in [-0.39, 0.29) is 5.91 Å². The van der Waals surface area contributed by atoms with Gasteiger partial charge in [0.1, 0.15) is 0 Å². The van der Waals surface area contributed by atoms with Crippen LogP contribution in [0, 0.1) is 6.92 Å². The first-order chi connectivity index (χ1) is 14.6. The van der Waals surface area contributed by atoms with Crippen molar-refractivity contribution in [3.05, 3.63) is 76.0 Å². The van der Waals surface area contributed by atoms with Gasteiger partial charge in [-0.2, -0.15) is 5.10 Å². The van der Waals surface area contributed by atoms with Crippen LogP contribution in [0.2, 0.25) is 5.02 Å². The Morgan fingerprint density at radius 2 is 1.83 bits per heavy atom. The van der Waals surface area contributed by atoms with Crippen molar-refractivity contribution in [1.29, 1.82) is 0 Å². The number of likely N-dealkylation sites (tertiary alicyclic amines) is 1. The first-order valence-electron chi connectivity index (χ1n) is 10.1. The van der Waals surface area contributed by atoms with E-state index in [4.69, 9.17) is 16.6 Å². The molecule has 0 bridgehead atoms. The molecule has 5 nitrogen and oxygen atoms in total. The van der Waals surface area contributed by atoms with Crippen LogP contribution in [-0.4, -0.2) is 38.7 Å². The monoisotopic (exact) mass is 436 g/mol. The number of carbonyl (C=O) groups is 1. The summed E-state index contributed by atoms with van der Waals surface area (Å²) in [6.07, 6.45) is 3.55. The molecule has 2 aromatic heterocycles. The van der Waals surface area contributed by atoms with Gasteiger partial charge in [0, 0.05) is 24.0 Å². The van der Waals surface area contributed by atoms with Crippen LogP contribution in [0.15, 0.2) is 54.7 Å². The van der Waals surface area contributed by atoms with Gasteiger partial charge in [-0.25, -0.2) is 9.67 Å². The second-order valence-electron chi connectivity index (χ2n) is 7.62. The number of hydrogen-bond acceptors (Lipinski definition) is 4. The van der Waals surface area contributed by atoms with Crippen LogP contribution < -0.4 is 0 Å². The zero-order valence-corrected chi connectivity index (χ0v) is 18.2. The average molecular weight is 437 g/mol. The summed E-state index contributed by atoms with van der Waals surface area (Å²) in [6.45, 7) is 3.42. The Balaban J connectivity index is 1.29. The van der Waals surface area contributed by atoms with E-state index >= 15 is 0 Å². The lowest BCUT2D eigenvalue weighted by atomic mass is 9.97. The first-order valence-corrected chi connectivity index (χ1v) is 11.2. The third-order valence-corrected chi connectivity index (χ3v) is 7.20. The van der Waals surface area contributed by atoms with Crippen LogP contribution in [-0.2, 0) is 0 Å². The Hall–Kier alpha value is -2.70. The molecule has 0 aliphatic carbocycles. The number of thiazole rings is 1. The number of carbonyl (C=O) groups excluding carboxylic acids is 1. The van der Waals surface area contributed by atoms with Gasteiger partial charge < -0.3 is 4.90 Å². The largest absolute Gasteiger partial charge is 0.338 e. The van der Waals surface area contributed by atoms with E-state index in [1.807, 2.05) is 42.2 Å². The molecule has 3 heterocycles. The fourth-order valence-electron chi connectivity index (χ4n) is 4.03. The second-order valence-corrected chi connectivity index (χ2v) is 9.12. The summed E-state index contributed by atoms with van der Waals surface area (Å²) in [4.78, 5) is 19.9. The lowest BCUT2D eigenvalue weighted by Gasteiger charge is -2.31. The normalized spacial score (nSPS) is 15.1. The smallest absolute Gasteiger partial charge is 0.257 e. The van der Waals surface area contributed by atoms with Gasteiger partial charge in [-0.3, -0.25) is 4.79 Å². The standard InChI is InChI=1S/C23H21ClN4OS/c1-15-19(14-25-28(15)18-8-6-17(24)7-9-18)23(29)27-12-10-16(11-13-27)22-26-20-4-2-3-5-21(20)30-22/h2-9,14,16H,10-13H2,1H3. The van der Waals surface area contributed by atoms with Crippen LogP contribution in [0.25, 0.3) is 15.9 Å². The minimum Gasteiger partial charge on any atom is -0.338 e. The van der Waals surface area contributed by atoms with Gasteiger partial charge in [-0.1, -0.05) is 23.7 Å². The SMILES string of the molecule is Cc1c(C(=O)N2CCC(c3nc4ccccc4s3)CC2)cnn1-c1ccc(Cl)cc1. The van der Waals surface area contributed by atoms with E-state index in [1.54, 1.807) is 22.2 Å². The molecule has 1 amide bonds. The van der Waals surface area contributed by atoms with Gasteiger partial charge in [-0.05, 0) is 56.2 Å². The van der Waals surface area contributed by atoms with Gasteiger partial charge in [0.05, 0.1) is 38.4 Å². The number of amides is 1. The third-order valence-electron chi connectivity index (χ3n) is 5.75. The van der Waals surface area contributed by atoms with Gasteiger partial charge in [0.25, 0.3) is 5.91 Å². The summed E-state index contributed by atoms with van der Waals surface area (Å²) in [5.41, 5.74) is 3.46. The summed E-state index contributed by atoms with van der Waals surface area (Å²) in [6, 6.07) is 15.7. The van der Waals surface area contributed by atoms with E-state index in [9.17, 15) is 4.79 Å². The predicted octanol–water partition coefficient (Wildman–Crippen LogP) is 5.46. The second kappa shape index (κ2) is 7.85. The molecule has 0 N–H and O–H groups in total. The molecule has 0 atom stereocenters. The van der Waals surface area contributed by atoms with Crippen LogP contribution in [0.1, 0.15) is 39.8 Å². The molecular weight excluding hydrogens is 416 g/mol. The minimum absolute atomic E-state index is 0.0514. The molecule has 0 unspecified atom stereocenters. The molecule has 1 aliphatic heterocycles. The summed E-state index contributed by atoms with van der Waals surface area (Å²) in [7, 11) is 0. The number of benzene rings is 2. The Bertz CT molecular complexity index is 1170. The highest BCUT2D eigenvalue weighted by Gasteiger charge is 2.28. The number of rotatable bonds is 3. The lowest BCUT2D eigenvalue weighted by Crippen LogP contribution is -2.38. The fourth-order valence-corrected chi connectivity index (χ4v) is 5.29. The van der Waals surface area contributed by atoms with Crippen LogP contribution in [0.4, 0.5) is 0 Å². The predicted molar refractivity (Wildman–Crippen MR) is 121 cm³/mol. The number of fused-ring (bicyclic) bond motifs is 1. The number of nitrogens with zero attached hydrogens (tertiary/aromatic N) is 4. The summed E-state index contributed by atoms with van der Waals surface area (Å²) in [5, 5.41) is 6.30. The quantitative estimate of drug-likeness (QED) is 0.428. The highest BCUT2D eigenvalue weighted by atomic mass is 35.5. The van der Waals surface area contributed by atoms with Crippen molar-refractivity contribution >= 4 is 39.1 Å². The average Bonchev–Trinajstić information content (AvgIpc) is 3.38. The molecule has 30 heavy (non-hydrogen) atoms. The molecule has 1 aliphatic rings. The number of hydrogen-bond donors (Lipinski definition) is 0. The highest BCUT2D eigenvalue weighted by Crippen LogP contribution is 2.34. The van der Waals surface area contributed by atoms with E-state index in [2.05, 4.69) is 23.3 Å². The van der Waals surface area contributed by atoms with Crippen LogP contribution in [0.3, 0.4) is 0 Å². The van der Waals surface area contributed by atoms with Crippen molar-refractivity contribution in [3.8, 4) is 5.69 Å². The molecule has 1 fully saturated rings. The Kier molecular flexibility index (Phi) is 5.05.